The number of fused-ring (bicyclic) bond motifs is 1. The van der Waals surface area contributed by atoms with Crippen LogP contribution in [0, 0.1) is 0 Å². The zero-order valence-corrected chi connectivity index (χ0v) is 12.4. The maximum Gasteiger partial charge on any atom is 0.234 e. The van der Waals surface area contributed by atoms with E-state index in [0.717, 1.165) is 29.4 Å². The fraction of sp³-hybridized carbons (Fsp3) is 0.333. The molecule has 1 heterocycles. The van der Waals surface area contributed by atoms with E-state index in [0.29, 0.717) is 25.4 Å². The third-order valence-corrected chi connectivity index (χ3v) is 4.74. The summed E-state index contributed by atoms with van der Waals surface area (Å²) >= 11 is -1.88. The lowest BCUT2D eigenvalue weighted by atomic mass is 10.0. The molecule has 1 unspecified atom stereocenters. The van der Waals surface area contributed by atoms with Crippen molar-refractivity contribution in [2.24, 2.45) is 0 Å². The SMILES string of the molecule is O=S(O)N1CCN(Cc2ccc3ccccc3c2O)CC1. The average molecular weight is 306 g/mol. The maximum absolute atomic E-state index is 11.0. The highest BCUT2D eigenvalue weighted by atomic mass is 32.2. The van der Waals surface area contributed by atoms with Crippen molar-refractivity contribution in [3.05, 3.63) is 42.0 Å². The quantitative estimate of drug-likeness (QED) is 0.849. The van der Waals surface area contributed by atoms with Gasteiger partial charge in [0.2, 0.25) is 11.3 Å². The first-order valence-electron chi connectivity index (χ1n) is 6.93. The molecule has 1 fully saturated rings. The fourth-order valence-electron chi connectivity index (χ4n) is 2.71. The smallest absolute Gasteiger partial charge is 0.234 e. The first-order chi connectivity index (χ1) is 10.1. The molecule has 5 nitrogen and oxygen atoms in total. The molecule has 0 amide bonds. The summed E-state index contributed by atoms with van der Waals surface area (Å²) in [6.45, 7) is 3.23. The molecule has 6 heteroatoms. The van der Waals surface area contributed by atoms with Gasteiger partial charge in [-0.2, -0.15) is 4.31 Å². The topological polar surface area (TPSA) is 64.0 Å². The fourth-order valence-corrected chi connectivity index (χ4v) is 3.19. The Kier molecular flexibility index (Phi) is 4.21. The van der Waals surface area contributed by atoms with Gasteiger partial charge in [-0.15, -0.1) is 0 Å². The largest absolute Gasteiger partial charge is 0.507 e. The number of nitrogens with zero attached hydrogens (tertiary/aromatic N) is 2. The Morgan fingerprint density at radius 2 is 1.76 bits per heavy atom. The van der Waals surface area contributed by atoms with Crippen molar-refractivity contribution in [2.45, 2.75) is 6.54 Å². The van der Waals surface area contributed by atoms with Crippen LogP contribution >= 0.6 is 0 Å². The highest BCUT2D eigenvalue weighted by Gasteiger charge is 2.21. The number of piperazine rings is 1. The van der Waals surface area contributed by atoms with E-state index in [9.17, 15) is 9.32 Å². The molecule has 21 heavy (non-hydrogen) atoms. The Morgan fingerprint density at radius 3 is 2.48 bits per heavy atom. The molecule has 2 N–H and O–H groups in total. The maximum atomic E-state index is 11.0. The molecule has 0 aromatic heterocycles. The van der Waals surface area contributed by atoms with Gasteiger partial charge in [-0.1, -0.05) is 36.4 Å². The second-order valence-corrected chi connectivity index (χ2v) is 6.21. The molecule has 0 aliphatic carbocycles. The van der Waals surface area contributed by atoms with E-state index < -0.39 is 11.3 Å². The number of phenols is 1. The van der Waals surface area contributed by atoms with E-state index in [2.05, 4.69) is 4.90 Å². The zero-order valence-electron chi connectivity index (χ0n) is 11.6. The molecular formula is C15H18N2O3S. The van der Waals surface area contributed by atoms with Crippen LogP contribution in [0.4, 0.5) is 0 Å². The Bertz CT molecular complexity index is 669. The predicted octanol–water partition coefficient (Wildman–Crippen LogP) is 1.80. The molecule has 0 spiro atoms. The number of hydrogen-bond acceptors (Lipinski definition) is 3. The van der Waals surface area contributed by atoms with Crippen molar-refractivity contribution in [3.63, 3.8) is 0 Å². The summed E-state index contributed by atoms with van der Waals surface area (Å²) in [5, 5.41) is 12.3. The minimum absolute atomic E-state index is 0.335. The van der Waals surface area contributed by atoms with Crippen molar-refractivity contribution in [2.75, 3.05) is 26.2 Å². The number of hydrogen-bond donors (Lipinski definition) is 2. The van der Waals surface area contributed by atoms with Gasteiger partial charge in [-0.25, -0.2) is 4.21 Å². The molecule has 3 rings (SSSR count). The van der Waals surface area contributed by atoms with Gasteiger partial charge in [0, 0.05) is 43.7 Å². The Hall–Kier alpha value is -1.47. The van der Waals surface area contributed by atoms with E-state index in [1.165, 1.54) is 4.31 Å². The van der Waals surface area contributed by atoms with Crippen molar-refractivity contribution >= 4 is 22.0 Å². The highest BCUT2D eigenvalue weighted by molar-refractivity contribution is 7.76. The lowest BCUT2D eigenvalue weighted by molar-refractivity contribution is 0.179. The van der Waals surface area contributed by atoms with Gasteiger partial charge in [0.05, 0.1) is 0 Å². The van der Waals surface area contributed by atoms with Crippen LogP contribution in [0.5, 0.6) is 5.75 Å². The van der Waals surface area contributed by atoms with E-state index >= 15 is 0 Å². The molecule has 0 bridgehead atoms. The van der Waals surface area contributed by atoms with Crippen LogP contribution < -0.4 is 0 Å². The van der Waals surface area contributed by atoms with Crippen LogP contribution in [0.2, 0.25) is 0 Å². The van der Waals surface area contributed by atoms with Crippen LogP contribution in [0.15, 0.2) is 36.4 Å². The van der Waals surface area contributed by atoms with E-state index in [-0.39, 0.29) is 0 Å². The molecule has 1 aliphatic rings. The third kappa shape index (κ3) is 3.08. The Labute approximate surface area is 126 Å². The van der Waals surface area contributed by atoms with Crippen LogP contribution in [0.25, 0.3) is 10.8 Å². The van der Waals surface area contributed by atoms with Gasteiger partial charge in [0.1, 0.15) is 5.75 Å². The summed E-state index contributed by atoms with van der Waals surface area (Å²) in [5.74, 6) is 0.335. The van der Waals surface area contributed by atoms with Crippen LogP contribution in [-0.4, -0.2) is 49.3 Å². The Morgan fingerprint density at radius 1 is 1.05 bits per heavy atom. The number of aromatic hydroxyl groups is 1. The summed E-state index contributed by atoms with van der Waals surface area (Å²) in [7, 11) is 0. The lowest BCUT2D eigenvalue weighted by Crippen LogP contribution is -2.46. The minimum atomic E-state index is -1.88. The monoisotopic (exact) mass is 306 g/mol. The van der Waals surface area contributed by atoms with Gasteiger partial charge in [0.25, 0.3) is 0 Å². The lowest BCUT2D eigenvalue weighted by Gasteiger charge is -2.32. The first-order valence-corrected chi connectivity index (χ1v) is 7.99. The molecule has 0 radical (unpaired) electrons. The summed E-state index contributed by atoms with van der Waals surface area (Å²) in [6.07, 6.45) is 0. The first kappa shape index (κ1) is 14.5. The van der Waals surface area contributed by atoms with E-state index in [1.54, 1.807) is 0 Å². The van der Waals surface area contributed by atoms with Crippen molar-refractivity contribution in [3.8, 4) is 5.75 Å². The molecule has 0 saturated carbocycles. The third-order valence-electron chi connectivity index (χ3n) is 3.93. The van der Waals surface area contributed by atoms with Crippen molar-refractivity contribution in [1.82, 2.24) is 9.21 Å². The number of phenolic OH excluding ortho intramolecular Hbond substituents is 1. The normalized spacial score (nSPS) is 18.9. The van der Waals surface area contributed by atoms with Crippen LogP contribution in [0.3, 0.4) is 0 Å². The molecule has 2 aromatic rings. The average Bonchev–Trinajstić information content (AvgIpc) is 2.51. The zero-order chi connectivity index (χ0) is 14.8. The molecule has 1 aliphatic heterocycles. The summed E-state index contributed by atoms with van der Waals surface area (Å²) < 4.78 is 21.6. The van der Waals surface area contributed by atoms with Gasteiger partial charge in [-0.3, -0.25) is 9.45 Å². The van der Waals surface area contributed by atoms with Crippen molar-refractivity contribution < 1.29 is 13.9 Å². The Balaban J connectivity index is 1.74. The predicted molar refractivity (Wildman–Crippen MR) is 83.2 cm³/mol. The second-order valence-electron chi connectivity index (χ2n) is 5.23. The second kappa shape index (κ2) is 6.11. The van der Waals surface area contributed by atoms with Gasteiger partial charge < -0.3 is 5.11 Å². The standard InChI is InChI=1S/C15H18N2O3S/c18-15-13(6-5-12-3-1-2-4-14(12)15)11-16-7-9-17(10-8-16)21(19)20/h1-6,18H,7-11H2,(H,19,20). The van der Waals surface area contributed by atoms with Crippen LogP contribution in [0.1, 0.15) is 5.56 Å². The summed E-state index contributed by atoms with van der Waals surface area (Å²) in [4.78, 5) is 2.19. The number of rotatable bonds is 3. The van der Waals surface area contributed by atoms with Crippen LogP contribution in [-0.2, 0) is 17.8 Å². The molecule has 1 atom stereocenters. The summed E-state index contributed by atoms with van der Waals surface area (Å²) in [5.41, 5.74) is 0.896. The molecule has 112 valence electrons. The van der Waals surface area contributed by atoms with E-state index in [4.69, 9.17) is 4.55 Å². The summed E-state index contributed by atoms with van der Waals surface area (Å²) in [6, 6.07) is 11.7. The minimum Gasteiger partial charge on any atom is -0.507 e. The van der Waals surface area contributed by atoms with E-state index in [1.807, 2.05) is 36.4 Å². The highest BCUT2D eigenvalue weighted by Crippen LogP contribution is 2.29. The van der Waals surface area contributed by atoms with Crippen molar-refractivity contribution in [1.29, 1.82) is 0 Å². The van der Waals surface area contributed by atoms with Gasteiger partial charge in [0.15, 0.2) is 0 Å². The molecule has 1 saturated heterocycles. The van der Waals surface area contributed by atoms with Gasteiger partial charge >= 0.3 is 0 Å². The molecule has 2 aromatic carbocycles. The molecular weight excluding hydrogens is 288 g/mol. The number of benzene rings is 2. The van der Waals surface area contributed by atoms with Gasteiger partial charge in [-0.05, 0) is 5.39 Å².